The minimum absolute atomic E-state index is 0.201. The number of phosphoric ester groups is 1. The molecule has 0 heterocycles. The second-order valence-corrected chi connectivity index (χ2v) is 18.4. The molecule has 9 heteroatoms. The van der Waals surface area contributed by atoms with Crippen LogP contribution in [-0.2, 0) is 28.2 Å². The molecule has 8 nitrogen and oxygen atoms in total. The normalized spacial score (nSPS) is 12.9. The summed E-state index contributed by atoms with van der Waals surface area (Å²) in [6, 6.07) is 0. The van der Waals surface area contributed by atoms with Crippen LogP contribution in [0.1, 0.15) is 245 Å². The molecule has 0 fully saturated rings. The van der Waals surface area contributed by atoms with E-state index in [1.54, 1.807) is 0 Å². The van der Waals surface area contributed by atoms with E-state index in [9.17, 15) is 14.2 Å². The quantitative estimate of drug-likeness (QED) is 0.0268. The van der Waals surface area contributed by atoms with E-state index >= 15 is 0 Å². The Balaban J connectivity index is 3.83. The van der Waals surface area contributed by atoms with Crippen molar-refractivity contribution in [2.24, 2.45) is 0 Å². The van der Waals surface area contributed by atoms with Crippen molar-refractivity contribution in [3.8, 4) is 0 Å². The Labute approximate surface area is 381 Å². The van der Waals surface area contributed by atoms with Gasteiger partial charge in [0.05, 0.1) is 6.61 Å². The summed E-state index contributed by atoms with van der Waals surface area (Å²) >= 11 is 0. The van der Waals surface area contributed by atoms with Crippen LogP contribution in [0.3, 0.4) is 0 Å². The highest BCUT2D eigenvalue weighted by Gasteiger charge is 2.23. The van der Waals surface area contributed by atoms with Crippen LogP contribution in [0.2, 0.25) is 0 Å². The first-order valence-electron chi connectivity index (χ1n) is 25.6. The minimum atomic E-state index is -4.77. The number of carbonyl (C=O) groups excluding carboxylic acids is 2. The molecule has 0 aromatic rings. The van der Waals surface area contributed by atoms with Gasteiger partial charge in [-0.05, 0) is 77.0 Å². The van der Waals surface area contributed by atoms with Crippen LogP contribution in [0, 0.1) is 0 Å². The molecule has 62 heavy (non-hydrogen) atoms. The molecule has 0 aromatic carbocycles. The Kier molecular flexibility index (Phi) is 46.5. The van der Waals surface area contributed by atoms with Crippen LogP contribution < -0.4 is 0 Å². The lowest BCUT2D eigenvalue weighted by atomic mass is 10.0. The maximum atomic E-state index is 12.5. The lowest BCUT2D eigenvalue weighted by Crippen LogP contribution is -2.29. The van der Waals surface area contributed by atoms with E-state index in [4.69, 9.17) is 19.3 Å². The van der Waals surface area contributed by atoms with Crippen molar-refractivity contribution < 1.29 is 37.9 Å². The van der Waals surface area contributed by atoms with Crippen molar-refractivity contribution in [2.45, 2.75) is 251 Å². The second-order valence-electron chi connectivity index (χ2n) is 17.1. The smallest absolute Gasteiger partial charge is 0.462 e. The minimum Gasteiger partial charge on any atom is -0.462 e. The zero-order valence-electron chi connectivity index (χ0n) is 40.0. The second kappa shape index (κ2) is 48.2. The molecule has 0 saturated carbocycles. The average molecular weight is 891 g/mol. The van der Waals surface area contributed by atoms with Gasteiger partial charge in [0.25, 0.3) is 0 Å². The van der Waals surface area contributed by atoms with Crippen molar-refractivity contribution in [1.82, 2.24) is 0 Å². The standard InChI is InChI=1S/C53H95O8P/c1-3-5-7-9-11-13-15-17-19-21-23-25-26-28-29-31-33-35-37-39-41-43-45-47-52(54)59-49-51(50-60-62(56,57)58)61-53(55)48-46-44-42-40-38-36-34-32-30-27-24-22-20-18-16-14-12-10-8-6-4-2/h6,8,12,14,18,20-21,23-24,27,51H,3-5,7,9-11,13,15-17,19,22,25-26,28-50H2,1-2H3,(H2,56,57,58)/b8-6-,14-12-,20-18-,23-21-,27-24-. The van der Waals surface area contributed by atoms with Gasteiger partial charge in [0.15, 0.2) is 6.10 Å². The fourth-order valence-corrected chi connectivity index (χ4v) is 7.60. The molecule has 0 aliphatic heterocycles. The number of phosphoric acid groups is 1. The molecule has 0 saturated heterocycles. The van der Waals surface area contributed by atoms with Crippen LogP contribution in [0.25, 0.3) is 0 Å². The van der Waals surface area contributed by atoms with Gasteiger partial charge in [-0.3, -0.25) is 14.1 Å². The summed E-state index contributed by atoms with van der Waals surface area (Å²) in [7, 11) is -4.77. The Morgan fingerprint density at radius 1 is 0.435 bits per heavy atom. The fraction of sp³-hybridized carbons (Fsp3) is 0.774. The van der Waals surface area contributed by atoms with Crippen LogP contribution in [-0.4, -0.2) is 41.0 Å². The third kappa shape index (κ3) is 50.4. The van der Waals surface area contributed by atoms with E-state index in [0.717, 1.165) is 70.6 Å². The Morgan fingerprint density at radius 3 is 1.18 bits per heavy atom. The monoisotopic (exact) mass is 891 g/mol. The highest BCUT2D eigenvalue weighted by atomic mass is 31.2. The molecule has 360 valence electrons. The molecule has 0 aliphatic carbocycles. The van der Waals surface area contributed by atoms with Gasteiger partial charge in [-0.15, -0.1) is 0 Å². The van der Waals surface area contributed by atoms with Gasteiger partial charge in [-0.2, -0.15) is 0 Å². The molecule has 0 rings (SSSR count). The summed E-state index contributed by atoms with van der Waals surface area (Å²) in [5, 5.41) is 0. The summed E-state index contributed by atoms with van der Waals surface area (Å²) in [4.78, 5) is 43.1. The summed E-state index contributed by atoms with van der Waals surface area (Å²) in [5.41, 5.74) is 0. The summed E-state index contributed by atoms with van der Waals surface area (Å²) in [5.74, 6) is -0.889. The highest BCUT2D eigenvalue weighted by Crippen LogP contribution is 2.36. The van der Waals surface area contributed by atoms with Gasteiger partial charge in [0.1, 0.15) is 6.61 Å². The summed E-state index contributed by atoms with van der Waals surface area (Å²) in [6.45, 7) is 3.60. The van der Waals surface area contributed by atoms with Crippen LogP contribution >= 0.6 is 7.82 Å². The average Bonchev–Trinajstić information content (AvgIpc) is 3.25. The van der Waals surface area contributed by atoms with Gasteiger partial charge >= 0.3 is 19.8 Å². The molecule has 2 N–H and O–H groups in total. The Morgan fingerprint density at radius 2 is 0.774 bits per heavy atom. The number of ether oxygens (including phenoxy) is 2. The molecule has 0 aromatic heterocycles. The lowest BCUT2D eigenvalue weighted by molar-refractivity contribution is -0.161. The number of rotatable bonds is 47. The number of carbonyl (C=O) groups is 2. The molecule has 1 unspecified atom stereocenters. The molecular formula is C53H95O8P. The van der Waals surface area contributed by atoms with Gasteiger partial charge in [0, 0.05) is 12.8 Å². The van der Waals surface area contributed by atoms with Crippen LogP contribution in [0.5, 0.6) is 0 Å². The number of esters is 2. The molecular weight excluding hydrogens is 796 g/mol. The maximum absolute atomic E-state index is 12.5. The van der Waals surface area contributed by atoms with Gasteiger partial charge in [-0.1, -0.05) is 216 Å². The number of hydrogen-bond donors (Lipinski definition) is 2. The lowest BCUT2D eigenvalue weighted by Gasteiger charge is -2.18. The van der Waals surface area contributed by atoms with Crippen LogP contribution in [0.15, 0.2) is 60.8 Å². The third-order valence-corrected chi connectivity index (χ3v) is 11.5. The molecule has 0 radical (unpaired) electrons. The predicted molar refractivity (Wildman–Crippen MR) is 262 cm³/mol. The van der Waals surface area contributed by atoms with Gasteiger partial charge in [0.2, 0.25) is 0 Å². The van der Waals surface area contributed by atoms with Crippen LogP contribution in [0.4, 0.5) is 0 Å². The number of hydrogen-bond acceptors (Lipinski definition) is 6. The van der Waals surface area contributed by atoms with E-state index in [-0.39, 0.29) is 19.4 Å². The van der Waals surface area contributed by atoms with E-state index < -0.39 is 32.5 Å². The van der Waals surface area contributed by atoms with E-state index in [1.807, 2.05) is 0 Å². The molecule has 0 aliphatic rings. The molecule has 0 bridgehead atoms. The van der Waals surface area contributed by atoms with Crippen molar-refractivity contribution in [1.29, 1.82) is 0 Å². The number of unbranched alkanes of at least 4 members (excludes halogenated alkanes) is 27. The number of allylic oxidation sites excluding steroid dienone is 10. The zero-order valence-corrected chi connectivity index (χ0v) is 40.9. The van der Waals surface area contributed by atoms with E-state index in [2.05, 4.69) is 79.1 Å². The first kappa shape index (κ1) is 59.8. The SMILES string of the molecule is CC/C=C\C/C=C\C/C=C\C/C=C\CCCCCCCCCCC(=O)OC(COC(=O)CCCCCCCCCCCCC/C=C\CCCCCCCCCC)COP(=O)(O)O. The Hall–Kier alpha value is -2.25. The summed E-state index contributed by atoms with van der Waals surface area (Å²) in [6.07, 6.45) is 62.4. The molecule has 0 amide bonds. The van der Waals surface area contributed by atoms with Gasteiger partial charge < -0.3 is 19.3 Å². The van der Waals surface area contributed by atoms with E-state index in [1.165, 1.54) is 141 Å². The van der Waals surface area contributed by atoms with Crippen molar-refractivity contribution in [3.63, 3.8) is 0 Å². The maximum Gasteiger partial charge on any atom is 0.469 e. The topological polar surface area (TPSA) is 119 Å². The molecule has 0 spiro atoms. The van der Waals surface area contributed by atoms with Gasteiger partial charge in [-0.25, -0.2) is 4.57 Å². The third-order valence-electron chi connectivity index (χ3n) is 11.0. The van der Waals surface area contributed by atoms with Crippen molar-refractivity contribution >= 4 is 19.8 Å². The van der Waals surface area contributed by atoms with Crippen molar-refractivity contribution in [2.75, 3.05) is 13.2 Å². The summed E-state index contributed by atoms with van der Waals surface area (Å²) < 4.78 is 26.5. The predicted octanol–water partition coefficient (Wildman–Crippen LogP) is 16.4. The van der Waals surface area contributed by atoms with E-state index in [0.29, 0.717) is 6.42 Å². The first-order chi connectivity index (χ1) is 30.3. The Bertz CT molecular complexity index is 1190. The highest BCUT2D eigenvalue weighted by molar-refractivity contribution is 7.46. The van der Waals surface area contributed by atoms with Crippen molar-refractivity contribution in [3.05, 3.63) is 60.8 Å². The molecule has 1 atom stereocenters. The first-order valence-corrected chi connectivity index (χ1v) is 27.1. The zero-order chi connectivity index (χ0) is 45.3. The fourth-order valence-electron chi connectivity index (χ4n) is 7.24. The largest absolute Gasteiger partial charge is 0.469 e.